The molecule has 0 radical (unpaired) electrons. The van der Waals surface area contributed by atoms with Crippen LogP contribution in [0, 0.1) is 0 Å². The van der Waals surface area contributed by atoms with Crippen molar-refractivity contribution in [3.8, 4) is 0 Å². The average molecular weight is 1140 g/mol. The molecule has 0 aliphatic carbocycles. The summed E-state index contributed by atoms with van der Waals surface area (Å²) >= 11 is 0. The van der Waals surface area contributed by atoms with E-state index in [0.717, 1.165) is 44.9 Å². The highest BCUT2D eigenvalue weighted by Crippen LogP contribution is 2.43. The summed E-state index contributed by atoms with van der Waals surface area (Å²) < 4.78 is 23.9. The minimum absolute atomic E-state index is 0.0772. The van der Waals surface area contributed by atoms with Gasteiger partial charge in [-0.3, -0.25) is 13.8 Å². The number of hydrogen-bond acceptors (Lipinski definition) is 5. The normalized spacial score (nSPS) is 13.8. The molecule has 0 aromatic carbocycles. The lowest BCUT2D eigenvalue weighted by molar-refractivity contribution is -0.870. The predicted octanol–water partition coefficient (Wildman–Crippen LogP) is 22.3. The average Bonchev–Trinajstić information content (AvgIpc) is 3.42. The molecule has 3 N–H and O–H groups in total. The lowest BCUT2D eigenvalue weighted by Crippen LogP contribution is -2.46. The van der Waals surface area contributed by atoms with Crippen LogP contribution in [0.15, 0.2) is 24.3 Å². The van der Waals surface area contributed by atoms with Gasteiger partial charge in [-0.2, -0.15) is 0 Å². The van der Waals surface area contributed by atoms with Gasteiger partial charge in [0, 0.05) is 6.42 Å². The molecule has 470 valence electrons. The quantitative estimate of drug-likeness (QED) is 0.0243. The Labute approximate surface area is 494 Å². The molecular weight excluding hydrogens is 996 g/mol. The Morgan fingerprint density at radius 2 is 0.722 bits per heavy atom. The smallest absolute Gasteiger partial charge is 0.391 e. The first-order valence-corrected chi connectivity index (χ1v) is 36.7. The monoisotopic (exact) mass is 1140 g/mol. The fourth-order valence-electron chi connectivity index (χ4n) is 11.0. The van der Waals surface area contributed by atoms with E-state index in [-0.39, 0.29) is 19.1 Å². The summed E-state index contributed by atoms with van der Waals surface area (Å²) in [7, 11) is 1.63. The first-order valence-electron chi connectivity index (χ1n) is 35.2. The maximum atomic E-state index is 13.1. The van der Waals surface area contributed by atoms with Crippen LogP contribution < -0.4 is 5.32 Å². The lowest BCUT2D eigenvalue weighted by Gasteiger charge is -2.26. The van der Waals surface area contributed by atoms with E-state index < -0.39 is 20.0 Å². The Kier molecular flexibility index (Phi) is 60.7. The van der Waals surface area contributed by atoms with Gasteiger partial charge in [0.15, 0.2) is 0 Å². The zero-order valence-electron chi connectivity index (χ0n) is 53.9. The van der Waals surface area contributed by atoms with Gasteiger partial charge in [-0.15, -0.1) is 0 Å². The number of nitrogens with zero attached hydrogens (tertiary/aromatic N) is 1. The van der Waals surface area contributed by atoms with E-state index in [0.29, 0.717) is 23.9 Å². The van der Waals surface area contributed by atoms with Gasteiger partial charge in [-0.25, -0.2) is 4.57 Å². The maximum Gasteiger partial charge on any atom is 0.472 e. The number of carbonyl (C=O) groups excluding carboxylic acids is 1. The molecule has 0 spiro atoms. The summed E-state index contributed by atoms with van der Waals surface area (Å²) in [6, 6.07) is -0.760. The number of aliphatic hydroxyl groups excluding tert-OH is 1. The number of amides is 1. The fraction of sp³-hybridized carbons (Fsp3) is 0.929. The van der Waals surface area contributed by atoms with Crippen molar-refractivity contribution in [1.29, 1.82) is 0 Å². The number of allylic oxidation sites excluding steroid dienone is 4. The second-order valence-corrected chi connectivity index (χ2v) is 27.1. The molecule has 0 heterocycles. The molecule has 0 bridgehead atoms. The van der Waals surface area contributed by atoms with Crippen LogP contribution in [0.25, 0.3) is 0 Å². The van der Waals surface area contributed by atoms with Crippen LogP contribution in [-0.2, 0) is 18.4 Å². The molecular formula is C70H140N2O6P+. The van der Waals surface area contributed by atoms with Crippen molar-refractivity contribution in [1.82, 2.24) is 5.32 Å². The molecule has 9 heteroatoms. The highest BCUT2D eigenvalue weighted by molar-refractivity contribution is 7.47. The van der Waals surface area contributed by atoms with Crippen LogP contribution in [0.2, 0.25) is 0 Å². The Morgan fingerprint density at radius 3 is 1.04 bits per heavy atom. The van der Waals surface area contributed by atoms with Gasteiger partial charge in [-0.05, 0) is 44.9 Å². The minimum atomic E-state index is -4.33. The summed E-state index contributed by atoms with van der Waals surface area (Å²) in [6.45, 7) is 4.95. The molecule has 0 fully saturated rings. The molecule has 8 nitrogen and oxygen atoms in total. The van der Waals surface area contributed by atoms with E-state index in [9.17, 15) is 19.4 Å². The summed E-state index contributed by atoms with van der Waals surface area (Å²) in [5, 5.41) is 14.1. The van der Waals surface area contributed by atoms with Gasteiger partial charge in [0.25, 0.3) is 0 Å². The second kappa shape index (κ2) is 61.5. The Bertz CT molecular complexity index is 1340. The van der Waals surface area contributed by atoms with Crippen molar-refractivity contribution < 1.29 is 32.9 Å². The summed E-state index contributed by atoms with van der Waals surface area (Å²) in [6.07, 6.45) is 80.0. The molecule has 79 heavy (non-hydrogen) atoms. The van der Waals surface area contributed by atoms with Crippen molar-refractivity contribution in [2.75, 3.05) is 40.9 Å². The number of carbonyl (C=O) groups is 1. The molecule has 0 aromatic rings. The second-order valence-electron chi connectivity index (χ2n) is 25.6. The van der Waals surface area contributed by atoms with E-state index in [1.54, 1.807) is 0 Å². The maximum absolute atomic E-state index is 13.1. The molecule has 0 rings (SSSR count). The number of aliphatic hydroxyl groups is 1. The van der Waals surface area contributed by atoms with Gasteiger partial charge in [0.2, 0.25) is 5.91 Å². The number of nitrogens with one attached hydrogen (secondary N) is 1. The fourth-order valence-corrected chi connectivity index (χ4v) is 11.7. The van der Waals surface area contributed by atoms with Crippen molar-refractivity contribution >= 4 is 13.7 Å². The summed E-state index contributed by atoms with van der Waals surface area (Å²) in [5.74, 6) is -0.137. The number of quaternary nitrogens is 1. The van der Waals surface area contributed by atoms with Crippen molar-refractivity contribution in [3.05, 3.63) is 24.3 Å². The zero-order valence-corrected chi connectivity index (χ0v) is 54.8. The van der Waals surface area contributed by atoms with Crippen LogP contribution in [-0.4, -0.2) is 73.4 Å². The highest BCUT2D eigenvalue weighted by atomic mass is 31.2. The van der Waals surface area contributed by atoms with E-state index in [4.69, 9.17) is 9.05 Å². The predicted molar refractivity (Wildman–Crippen MR) is 346 cm³/mol. The first-order chi connectivity index (χ1) is 38.5. The van der Waals surface area contributed by atoms with E-state index in [1.807, 2.05) is 21.1 Å². The van der Waals surface area contributed by atoms with Crippen LogP contribution in [0.5, 0.6) is 0 Å². The topological polar surface area (TPSA) is 105 Å². The zero-order chi connectivity index (χ0) is 57.7. The molecule has 0 aromatic heterocycles. The number of unbranched alkanes of at least 4 members (excludes halogenated alkanes) is 49. The molecule has 0 aliphatic rings. The minimum Gasteiger partial charge on any atom is -0.391 e. The number of rotatable bonds is 66. The molecule has 0 saturated carbocycles. The third-order valence-corrected chi connectivity index (χ3v) is 17.4. The van der Waals surface area contributed by atoms with Crippen molar-refractivity contribution in [2.24, 2.45) is 0 Å². The van der Waals surface area contributed by atoms with Gasteiger partial charge in [0.1, 0.15) is 13.2 Å². The molecule has 0 saturated heterocycles. The standard InChI is InChI=1S/C70H139N2O6P/c1-6-8-10-12-14-16-18-20-22-24-26-28-29-30-31-32-33-34-35-36-37-38-39-40-41-42-43-44-46-48-50-52-54-56-58-60-62-64-70(74)71-68(67-78-79(75,76)77-66-65-72(3,4)5)69(73)63-61-59-57-55-53-51-49-47-45-27-25-23-21-19-17-15-13-11-9-7-2/h31-32,34-35,68-69,73H,6-30,33,36-67H2,1-5H3,(H-,71,74,75,76)/p+1/b32-31-,35-34-. The van der Waals surface area contributed by atoms with E-state index >= 15 is 0 Å². The first kappa shape index (κ1) is 78.0. The van der Waals surface area contributed by atoms with E-state index in [2.05, 4.69) is 43.5 Å². The Hall–Kier alpha value is -1.02. The number of phosphoric acid groups is 1. The molecule has 3 unspecified atom stereocenters. The summed E-state index contributed by atoms with van der Waals surface area (Å²) in [5.41, 5.74) is 0. The SMILES string of the molecule is CCCCCCCCCCCCCCC/C=C\C/C=C\CCCCCCCCCCCCCCCCCCCC(=O)NC(COP(=O)(O)OCC[N+](C)(C)C)C(O)CCCCCCCCCCCCCCCCCCCCCC. The third-order valence-electron chi connectivity index (χ3n) is 16.5. The van der Waals surface area contributed by atoms with Crippen LogP contribution in [0.3, 0.4) is 0 Å². The van der Waals surface area contributed by atoms with Crippen molar-refractivity contribution in [3.63, 3.8) is 0 Å². The number of likely N-dealkylation sites (N-methyl/N-ethyl adjacent to an activating group) is 1. The Balaban J connectivity index is 3.94. The molecule has 0 aliphatic heterocycles. The summed E-state index contributed by atoms with van der Waals surface area (Å²) in [4.78, 5) is 23.4. The van der Waals surface area contributed by atoms with Crippen molar-refractivity contribution in [2.45, 2.75) is 379 Å². The Morgan fingerprint density at radius 1 is 0.430 bits per heavy atom. The largest absolute Gasteiger partial charge is 0.472 e. The van der Waals surface area contributed by atoms with Crippen LogP contribution in [0.1, 0.15) is 367 Å². The third kappa shape index (κ3) is 64.4. The van der Waals surface area contributed by atoms with Crippen LogP contribution in [0.4, 0.5) is 0 Å². The van der Waals surface area contributed by atoms with Gasteiger partial charge < -0.3 is 19.8 Å². The molecule has 3 atom stereocenters. The van der Waals surface area contributed by atoms with Gasteiger partial charge >= 0.3 is 7.82 Å². The van der Waals surface area contributed by atoms with Gasteiger partial charge in [-0.1, -0.05) is 340 Å². The number of hydrogen-bond donors (Lipinski definition) is 3. The van der Waals surface area contributed by atoms with Gasteiger partial charge in [0.05, 0.1) is 39.9 Å². The lowest BCUT2D eigenvalue weighted by atomic mass is 10.0. The van der Waals surface area contributed by atoms with Crippen LogP contribution >= 0.6 is 7.82 Å². The van der Waals surface area contributed by atoms with E-state index in [1.165, 1.54) is 295 Å². The number of phosphoric ester groups is 1. The molecule has 1 amide bonds. The highest BCUT2D eigenvalue weighted by Gasteiger charge is 2.28.